The average molecular weight is 320 g/mol. The Morgan fingerprint density at radius 2 is 2.00 bits per heavy atom. The molecule has 1 aliphatic carbocycles. The van der Waals surface area contributed by atoms with E-state index in [4.69, 9.17) is 4.74 Å². The van der Waals surface area contributed by atoms with Crippen LogP contribution >= 0.6 is 12.4 Å². The molecule has 0 bridgehead atoms. The minimum atomic E-state index is -0.131. The van der Waals surface area contributed by atoms with Crippen molar-refractivity contribution in [2.75, 3.05) is 6.61 Å². The molecular weight excluding hydrogens is 301 g/mol. The third-order valence-electron chi connectivity index (χ3n) is 4.49. The molecule has 0 fully saturated rings. The van der Waals surface area contributed by atoms with Crippen LogP contribution in [0, 0.1) is 5.82 Å². The Bertz CT molecular complexity index is 689. The Morgan fingerprint density at radius 3 is 2.91 bits per heavy atom. The summed E-state index contributed by atoms with van der Waals surface area (Å²) in [4.78, 5) is 0. The van der Waals surface area contributed by atoms with Crippen molar-refractivity contribution in [3.63, 3.8) is 0 Å². The highest BCUT2D eigenvalue weighted by atomic mass is 35.5. The Kier molecular flexibility index (Phi) is 4.37. The summed E-state index contributed by atoms with van der Waals surface area (Å²) < 4.78 is 18.8. The summed E-state index contributed by atoms with van der Waals surface area (Å²) in [5.74, 6) is 0.897. The van der Waals surface area contributed by atoms with Crippen molar-refractivity contribution in [1.82, 2.24) is 5.32 Å². The molecule has 4 rings (SSSR count). The lowest BCUT2D eigenvalue weighted by Gasteiger charge is -2.14. The van der Waals surface area contributed by atoms with Crippen LogP contribution in [0.1, 0.15) is 34.7 Å². The van der Waals surface area contributed by atoms with Gasteiger partial charge in [-0.15, -0.1) is 12.4 Å². The van der Waals surface area contributed by atoms with Crippen molar-refractivity contribution in [3.05, 3.63) is 64.5 Å². The topological polar surface area (TPSA) is 21.3 Å². The Morgan fingerprint density at radius 1 is 1.09 bits per heavy atom. The predicted molar refractivity (Wildman–Crippen MR) is 87.2 cm³/mol. The monoisotopic (exact) mass is 319 g/mol. The summed E-state index contributed by atoms with van der Waals surface area (Å²) in [5.41, 5.74) is 4.99. The van der Waals surface area contributed by atoms with Crippen molar-refractivity contribution in [1.29, 1.82) is 0 Å². The molecule has 116 valence electrons. The summed E-state index contributed by atoms with van der Waals surface area (Å²) in [6, 6.07) is 11.9. The number of fused-ring (bicyclic) bond motifs is 2. The van der Waals surface area contributed by atoms with Crippen LogP contribution in [0.4, 0.5) is 4.39 Å². The summed E-state index contributed by atoms with van der Waals surface area (Å²) in [7, 11) is 0. The number of ether oxygens (including phenoxy) is 1. The van der Waals surface area contributed by atoms with Gasteiger partial charge in [0.05, 0.1) is 6.61 Å². The van der Waals surface area contributed by atoms with Gasteiger partial charge in [0, 0.05) is 19.0 Å². The maximum atomic E-state index is 13.2. The quantitative estimate of drug-likeness (QED) is 0.924. The average Bonchev–Trinajstić information content (AvgIpc) is 3.10. The molecule has 0 saturated carbocycles. The van der Waals surface area contributed by atoms with Crippen molar-refractivity contribution >= 4 is 12.4 Å². The number of benzene rings is 2. The van der Waals surface area contributed by atoms with Gasteiger partial charge in [0.2, 0.25) is 0 Å². The number of hydrogen-bond donors (Lipinski definition) is 1. The standard InChI is InChI=1S/C18H18FNO.ClH/c19-15-3-4-16-13(10-15)2-5-17(16)20-11-12-1-6-18-14(9-12)7-8-21-18;/h1,3-4,6,9-10,17,20H,2,5,7-8,11H2;1H. The first-order valence-corrected chi connectivity index (χ1v) is 7.56. The molecule has 2 aromatic carbocycles. The van der Waals surface area contributed by atoms with Gasteiger partial charge < -0.3 is 10.1 Å². The third kappa shape index (κ3) is 2.83. The molecule has 1 heterocycles. The van der Waals surface area contributed by atoms with Gasteiger partial charge >= 0.3 is 0 Å². The second-order valence-electron chi connectivity index (χ2n) is 5.86. The molecule has 22 heavy (non-hydrogen) atoms. The second kappa shape index (κ2) is 6.27. The highest BCUT2D eigenvalue weighted by molar-refractivity contribution is 5.85. The summed E-state index contributed by atoms with van der Waals surface area (Å²) in [5, 5.41) is 3.60. The highest BCUT2D eigenvalue weighted by Crippen LogP contribution is 2.32. The van der Waals surface area contributed by atoms with Gasteiger partial charge in [0.15, 0.2) is 0 Å². The normalized spacial score (nSPS) is 18.3. The van der Waals surface area contributed by atoms with Gasteiger partial charge in [-0.2, -0.15) is 0 Å². The molecular formula is C18H19ClFNO. The fourth-order valence-electron chi connectivity index (χ4n) is 3.39. The minimum absolute atomic E-state index is 0. The van der Waals surface area contributed by atoms with Gasteiger partial charge in [0.1, 0.15) is 11.6 Å². The fraction of sp³-hybridized carbons (Fsp3) is 0.333. The van der Waals surface area contributed by atoms with Crippen LogP contribution < -0.4 is 10.1 Å². The molecule has 1 aliphatic heterocycles. The van der Waals surface area contributed by atoms with Crippen LogP contribution in [-0.4, -0.2) is 6.61 Å². The summed E-state index contributed by atoms with van der Waals surface area (Å²) in [6.07, 6.45) is 3.02. The molecule has 1 unspecified atom stereocenters. The van der Waals surface area contributed by atoms with Crippen molar-refractivity contribution in [3.8, 4) is 5.75 Å². The lowest BCUT2D eigenvalue weighted by Crippen LogP contribution is -2.18. The molecule has 1 N–H and O–H groups in total. The van der Waals surface area contributed by atoms with E-state index in [0.717, 1.165) is 43.7 Å². The predicted octanol–water partition coefficient (Wildman–Crippen LogP) is 3.96. The molecule has 4 heteroatoms. The van der Waals surface area contributed by atoms with Crippen LogP contribution in [0.2, 0.25) is 0 Å². The van der Waals surface area contributed by atoms with Gasteiger partial charge in [0.25, 0.3) is 0 Å². The van der Waals surface area contributed by atoms with Crippen molar-refractivity contribution in [2.45, 2.75) is 31.8 Å². The van der Waals surface area contributed by atoms with E-state index in [2.05, 4.69) is 23.5 Å². The largest absolute Gasteiger partial charge is 0.493 e. The van der Waals surface area contributed by atoms with Gasteiger partial charge in [-0.1, -0.05) is 18.2 Å². The smallest absolute Gasteiger partial charge is 0.123 e. The van der Waals surface area contributed by atoms with E-state index in [-0.39, 0.29) is 18.2 Å². The van der Waals surface area contributed by atoms with Gasteiger partial charge in [-0.05, 0) is 53.3 Å². The summed E-state index contributed by atoms with van der Waals surface area (Å²) >= 11 is 0. The SMILES string of the molecule is Cl.Fc1ccc2c(c1)CCC2NCc1ccc2c(c1)CCO2. The van der Waals surface area contributed by atoms with Gasteiger partial charge in [-0.3, -0.25) is 0 Å². The molecule has 0 radical (unpaired) electrons. The van der Waals surface area contributed by atoms with Crippen LogP contribution in [-0.2, 0) is 19.4 Å². The van der Waals surface area contributed by atoms with E-state index in [0.29, 0.717) is 6.04 Å². The first kappa shape index (κ1) is 15.3. The molecule has 2 aromatic rings. The van der Waals surface area contributed by atoms with Crippen LogP contribution in [0.25, 0.3) is 0 Å². The minimum Gasteiger partial charge on any atom is -0.493 e. The first-order chi connectivity index (χ1) is 10.3. The van der Waals surface area contributed by atoms with E-state index < -0.39 is 0 Å². The van der Waals surface area contributed by atoms with Crippen LogP contribution in [0.3, 0.4) is 0 Å². The number of hydrogen-bond acceptors (Lipinski definition) is 2. The van der Waals surface area contributed by atoms with Crippen molar-refractivity contribution < 1.29 is 9.13 Å². The lowest BCUT2D eigenvalue weighted by atomic mass is 10.1. The second-order valence-corrected chi connectivity index (χ2v) is 5.86. The number of halogens is 2. The molecule has 0 aromatic heterocycles. The van der Waals surface area contributed by atoms with E-state index in [1.54, 1.807) is 12.1 Å². The maximum Gasteiger partial charge on any atom is 0.123 e. The lowest BCUT2D eigenvalue weighted by molar-refractivity contribution is 0.357. The molecule has 1 atom stereocenters. The third-order valence-corrected chi connectivity index (χ3v) is 4.49. The Balaban J connectivity index is 0.00000144. The zero-order valence-electron chi connectivity index (χ0n) is 12.3. The molecule has 2 aliphatic rings. The van der Waals surface area contributed by atoms with Crippen LogP contribution in [0.15, 0.2) is 36.4 Å². The number of aryl methyl sites for hydroxylation is 1. The van der Waals surface area contributed by atoms with E-state index in [1.165, 1.54) is 16.7 Å². The van der Waals surface area contributed by atoms with E-state index in [1.807, 2.05) is 6.07 Å². The molecule has 0 saturated heterocycles. The molecule has 2 nitrogen and oxygen atoms in total. The Hall–Kier alpha value is -1.58. The fourth-order valence-corrected chi connectivity index (χ4v) is 3.39. The Labute approximate surface area is 136 Å². The van der Waals surface area contributed by atoms with E-state index >= 15 is 0 Å². The van der Waals surface area contributed by atoms with Gasteiger partial charge in [-0.25, -0.2) is 4.39 Å². The molecule has 0 spiro atoms. The highest BCUT2D eigenvalue weighted by Gasteiger charge is 2.22. The zero-order chi connectivity index (χ0) is 14.2. The molecule has 0 amide bonds. The first-order valence-electron chi connectivity index (χ1n) is 7.56. The van der Waals surface area contributed by atoms with Crippen molar-refractivity contribution in [2.24, 2.45) is 0 Å². The van der Waals surface area contributed by atoms with Crippen LogP contribution in [0.5, 0.6) is 5.75 Å². The number of nitrogens with one attached hydrogen (secondary N) is 1. The van der Waals surface area contributed by atoms with E-state index in [9.17, 15) is 4.39 Å². The number of rotatable bonds is 3. The zero-order valence-corrected chi connectivity index (χ0v) is 13.1. The summed E-state index contributed by atoms with van der Waals surface area (Å²) in [6.45, 7) is 1.64. The maximum absolute atomic E-state index is 13.2.